The second-order valence-electron chi connectivity index (χ2n) is 10.2. The van der Waals surface area contributed by atoms with E-state index in [0.29, 0.717) is 24.9 Å². The molecule has 7 heteroatoms. The molecule has 0 amide bonds. The Kier molecular flexibility index (Phi) is 11.6. The first-order valence-electron chi connectivity index (χ1n) is 14.5. The summed E-state index contributed by atoms with van der Waals surface area (Å²) in [6.07, 6.45) is 3.64. The number of carbonyl (C=O) groups excluding carboxylic acids is 2. The van der Waals surface area contributed by atoms with Crippen LogP contribution in [0.3, 0.4) is 0 Å². The Balaban J connectivity index is 1.90. The van der Waals surface area contributed by atoms with Crippen LogP contribution in [0.15, 0.2) is 147 Å². The Bertz CT molecular complexity index is 1270. The van der Waals surface area contributed by atoms with E-state index in [1.54, 1.807) is 0 Å². The quantitative estimate of drug-likeness (QED) is 0.0797. The number of hydrogen-bond acceptors (Lipinski definition) is 5. The zero-order chi connectivity index (χ0) is 30.4. The van der Waals surface area contributed by atoms with Gasteiger partial charge in [0.1, 0.15) is 0 Å². The summed E-state index contributed by atoms with van der Waals surface area (Å²) < 4.78 is 18.9. The highest BCUT2D eigenvalue weighted by Crippen LogP contribution is 2.26. The van der Waals surface area contributed by atoms with E-state index in [1.165, 1.54) is 12.2 Å². The monoisotopic (exact) mass is 606 g/mol. The van der Waals surface area contributed by atoms with Crippen molar-refractivity contribution in [2.75, 3.05) is 13.2 Å². The molecule has 43 heavy (non-hydrogen) atoms. The van der Waals surface area contributed by atoms with Crippen molar-refractivity contribution in [2.24, 2.45) is 0 Å². The van der Waals surface area contributed by atoms with Crippen molar-refractivity contribution in [2.45, 2.75) is 24.9 Å². The maximum absolute atomic E-state index is 11.9. The maximum atomic E-state index is 11.9. The van der Waals surface area contributed by atoms with Crippen LogP contribution in [-0.4, -0.2) is 41.8 Å². The first-order valence-corrected chi connectivity index (χ1v) is 18.8. The molecule has 0 aromatic heterocycles. The molecular weight excluding hydrogens is 569 g/mol. The van der Waals surface area contributed by atoms with Crippen LogP contribution in [0.5, 0.6) is 0 Å². The molecule has 0 saturated carbocycles. The van der Waals surface area contributed by atoms with E-state index in [-0.39, 0.29) is 13.2 Å². The Morgan fingerprint density at radius 1 is 0.512 bits per heavy atom. The van der Waals surface area contributed by atoms with Crippen LogP contribution < -0.4 is 20.7 Å². The lowest BCUT2D eigenvalue weighted by atomic mass is 10.4. The highest BCUT2D eigenvalue weighted by molar-refractivity contribution is 7.09. The number of ether oxygens (including phenoxy) is 2. The van der Waals surface area contributed by atoms with Gasteiger partial charge in [-0.25, -0.2) is 9.59 Å². The van der Waals surface area contributed by atoms with Crippen molar-refractivity contribution in [1.82, 2.24) is 0 Å². The number of rotatable bonds is 16. The lowest BCUT2D eigenvalue weighted by Crippen LogP contribution is -2.72. The predicted octanol–water partition coefficient (Wildman–Crippen LogP) is 4.76. The van der Waals surface area contributed by atoms with Crippen LogP contribution in [0, 0.1) is 0 Å². The van der Waals surface area contributed by atoms with E-state index in [2.05, 4.69) is 110 Å². The van der Waals surface area contributed by atoms with Crippen molar-refractivity contribution in [1.29, 1.82) is 0 Å². The van der Waals surface area contributed by atoms with Gasteiger partial charge in [-0.2, -0.15) is 0 Å². The van der Waals surface area contributed by atoms with Crippen LogP contribution in [-0.2, 0) is 23.2 Å². The minimum absolute atomic E-state index is 0.269. The summed E-state index contributed by atoms with van der Waals surface area (Å²) in [4.78, 5) is 23.8. The fourth-order valence-corrected chi connectivity index (χ4v) is 16.6. The molecule has 0 radical (unpaired) electrons. The van der Waals surface area contributed by atoms with Gasteiger partial charge >= 0.3 is 11.9 Å². The molecule has 5 nitrogen and oxygen atoms in total. The molecule has 220 valence electrons. The van der Waals surface area contributed by atoms with E-state index in [0.717, 1.165) is 20.7 Å². The summed E-state index contributed by atoms with van der Waals surface area (Å²) in [7, 11) is -6.00. The molecule has 0 aliphatic heterocycles. The molecule has 0 heterocycles. The molecule has 0 fully saturated rings. The van der Waals surface area contributed by atoms with Gasteiger partial charge in [-0.05, 0) is 45.7 Å². The average molecular weight is 607 g/mol. The van der Waals surface area contributed by atoms with Gasteiger partial charge in [-0.15, -0.1) is 0 Å². The molecule has 4 aromatic carbocycles. The summed E-state index contributed by atoms with van der Waals surface area (Å²) in [5, 5.41) is 4.60. The second kappa shape index (κ2) is 15.8. The first kappa shape index (κ1) is 31.6. The van der Waals surface area contributed by atoms with E-state index in [9.17, 15) is 9.59 Å². The van der Waals surface area contributed by atoms with Crippen molar-refractivity contribution in [3.05, 3.63) is 147 Å². The van der Waals surface area contributed by atoms with E-state index < -0.39 is 28.6 Å². The Labute approximate surface area is 256 Å². The molecule has 0 N–H and O–H groups in total. The van der Waals surface area contributed by atoms with E-state index in [1.807, 2.05) is 24.3 Å². The summed E-state index contributed by atoms with van der Waals surface area (Å²) in [6, 6.07) is 43.3. The molecule has 4 rings (SSSR count). The second-order valence-corrected chi connectivity index (χ2v) is 17.6. The largest absolute Gasteiger partial charge is 0.463 e. The van der Waals surface area contributed by atoms with Crippen molar-refractivity contribution in [3.8, 4) is 0 Å². The Hall–Kier alpha value is -4.31. The fourth-order valence-electron chi connectivity index (χ4n) is 5.48. The standard InChI is InChI=1S/C36H38O5Si2/c1-3-35(37)39-27-17-29-42(31-19-9-5-10-20-31,32-21-11-6-12-22-32)41-43(33-23-13-7-14-24-33,34-25-15-8-16-26-34)30-18-28-40-36(38)4-2/h3-16,19-26H,1-2,17-18,27-30H2. The number of carbonyl (C=O) groups is 2. The molecule has 0 unspecified atom stereocenters. The van der Waals surface area contributed by atoms with Gasteiger partial charge in [-0.3, -0.25) is 0 Å². The zero-order valence-corrected chi connectivity index (χ0v) is 26.4. The third-order valence-corrected chi connectivity index (χ3v) is 17.4. The Morgan fingerprint density at radius 2 is 0.791 bits per heavy atom. The first-order chi connectivity index (χ1) is 21.0. The highest BCUT2D eigenvalue weighted by Gasteiger charge is 2.49. The topological polar surface area (TPSA) is 61.8 Å². The van der Waals surface area contributed by atoms with Crippen molar-refractivity contribution >= 4 is 49.3 Å². The highest BCUT2D eigenvalue weighted by atomic mass is 28.4. The van der Waals surface area contributed by atoms with Gasteiger partial charge in [0.25, 0.3) is 0 Å². The van der Waals surface area contributed by atoms with Crippen LogP contribution in [0.4, 0.5) is 0 Å². The van der Waals surface area contributed by atoms with E-state index >= 15 is 0 Å². The fraction of sp³-hybridized carbons (Fsp3) is 0.167. The zero-order valence-electron chi connectivity index (χ0n) is 24.4. The van der Waals surface area contributed by atoms with Gasteiger partial charge in [0.2, 0.25) is 16.6 Å². The third-order valence-electron chi connectivity index (χ3n) is 7.48. The smallest absolute Gasteiger partial charge is 0.330 e. The molecule has 0 aliphatic rings. The van der Waals surface area contributed by atoms with Crippen LogP contribution in [0.2, 0.25) is 12.1 Å². The van der Waals surface area contributed by atoms with Crippen LogP contribution in [0.25, 0.3) is 0 Å². The van der Waals surface area contributed by atoms with Gasteiger partial charge in [0.05, 0.1) is 13.2 Å². The van der Waals surface area contributed by atoms with Crippen LogP contribution >= 0.6 is 0 Å². The average Bonchev–Trinajstić information content (AvgIpc) is 3.08. The van der Waals surface area contributed by atoms with Crippen molar-refractivity contribution in [3.63, 3.8) is 0 Å². The maximum Gasteiger partial charge on any atom is 0.330 e. The van der Waals surface area contributed by atoms with Crippen LogP contribution in [0.1, 0.15) is 12.8 Å². The lowest BCUT2D eigenvalue weighted by Gasteiger charge is -2.43. The number of hydrogen-bond donors (Lipinski definition) is 0. The predicted molar refractivity (Wildman–Crippen MR) is 178 cm³/mol. The molecule has 0 aliphatic carbocycles. The number of esters is 2. The Morgan fingerprint density at radius 3 is 1.05 bits per heavy atom. The minimum atomic E-state index is -3.00. The van der Waals surface area contributed by atoms with Gasteiger partial charge in [0, 0.05) is 12.2 Å². The molecule has 0 spiro atoms. The van der Waals surface area contributed by atoms with Gasteiger partial charge in [0.15, 0.2) is 0 Å². The summed E-state index contributed by atoms with van der Waals surface area (Å²) >= 11 is 0. The number of benzene rings is 4. The van der Waals surface area contributed by atoms with Crippen molar-refractivity contribution < 1.29 is 23.2 Å². The summed E-state index contributed by atoms with van der Waals surface area (Å²) in [5.74, 6) is -0.863. The molecule has 4 aromatic rings. The molecule has 0 saturated heterocycles. The van der Waals surface area contributed by atoms with Gasteiger partial charge < -0.3 is 13.6 Å². The van der Waals surface area contributed by atoms with E-state index in [4.69, 9.17) is 13.6 Å². The normalized spacial score (nSPS) is 11.3. The van der Waals surface area contributed by atoms with Gasteiger partial charge in [-0.1, -0.05) is 134 Å². The summed E-state index contributed by atoms with van der Waals surface area (Å²) in [5.41, 5.74) is 0. The molecule has 0 atom stereocenters. The minimum Gasteiger partial charge on any atom is -0.463 e. The summed E-state index contributed by atoms with van der Waals surface area (Å²) in [6.45, 7) is 7.60. The SMILES string of the molecule is C=CC(=O)OCCC[Si](O[Si](CCCOC(=O)C=C)(c1ccccc1)c1ccccc1)(c1ccccc1)c1ccccc1. The third kappa shape index (κ3) is 7.96. The lowest BCUT2D eigenvalue weighted by molar-refractivity contribution is -0.138. The molecule has 0 bridgehead atoms. The molecular formula is C36H38O5Si2.